The van der Waals surface area contributed by atoms with Crippen molar-refractivity contribution in [3.05, 3.63) is 154 Å². The van der Waals surface area contributed by atoms with Crippen molar-refractivity contribution >= 4 is 21.6 Å². The first kappa shape index (κ1) is 32.3. The van der Waals surface area contributed by atoms with Crippen LogP contribution in [0.3, 0.4) is 0 Å². The number of aromatic nitrogens is 4. The Morgan fingerprint density at radius 1 is 0.750 bits per heavy atom. The highest BCUT2D eigenvalue weighted by molar-refractivity contribution is 9.10. The highest BCUT2D eigenvalue weighted by Gasteiger charge is 2.32. The third-order valence-electron chi connectivity index (χ3n) is 8.08. The highest BCUT2D eigenvalue weighted by atomic mass is 79.9. The fourth-order valence-corrected chi connectivity index (χ4v) is 6.26. The zero-order chi connectivity index (χ0) is 33.9. The molecule has 6 aromatic rings. The van der Waals surface area contributed by atoms with E-state index in [2.05, 4.69) is 36.3 Å². The van der Waals surface area contributed by atoms with E-state index in [-0.39, 0.29) is 23.4 Å². The number of nitro benzene ring substituents is 1. The molecule has 0 amide bonds. The van der Waals surface area contributed by atoms with Gasteiger partial charge in [-0.1, -0.05) is 59.7 Å². The number of hydrogen-bond donors (Lipinski definition) is 4. The van der Waals surface area contributed by atoms with Crippen molar-refractivity contribution in [3.8, 4) is 34.0 Å². The lowest BCUT2D eigenvalue weighted by Gasteiger charge is -2.21. The van der Waals surface area contributed by atoms with E-state index in [4.69, 9.17) is 9.47 Å². The SMILES string of the molecule is CCOc1cc(C(c2c(-c3ccc(C)cc3)[nH][nH]c2=O)c2c(-c3ccc(C)cc3)[nH][nH]c2=O)cc(Br)c1OCc1ccc([N+](=O)[O-])cc1. The molecule has 0 aliphatic carbocycles. The van der Waals surface area contributed by atoms with Crippen LogP contribution in [0.4, 0.5) is 5.69 Å². The predicted octanol–water partition coefficient (Wildman–Crippen LogP) is 7.50. The number of aryl methyl sites for hydroxylation is 2. The smallest absolute Gasteiger partial charge is 0.269 e. The summed E-state index contributed by atoms with van der Waals surface area (Å²) < 4.78 is 12.8. The summed E-state index contributed by atoms with van der Waals surface area (Å²) in [5.41, 5.74) is 6.03. The number of non-ortho nitro benzene ring substituents is 1. The van der Waals surface area contributed by atoms with Gasteiger partial charge in [0.05, 0.1) is 38.5 Å². The number of hydrogen-bond acceptors (Lipinski definition) is 6. The monoisotopic (exact) mass is 709 g/mol. The fraction of sp³-hybridized carbons (Fsp3) is 0.167. The lowest BCUT2D eigenvalue weighted by atomic mass is 9.83. The number of nitrogens with zero attached hydrogens (tertiary/aromatic N) is 1. The highest BCUT2D eigenvalue weighted by Crippen LogP contribution is 2.44. The molecule has 48 heavy (non-hydrogen) atoms. The summed E-state index contributed by atoms with van der Waals surface area (Å²) in [5.74, 6) is -0.0653. The number of ether oxygens (including phenoxy) is 2. The summed E-state index contributed by atoms with van der Waals surface area (Å²) in [6.45, 7) is 6.24. The summed E-state index contributed by atoms with van der Waals surface area (Å²) in [5, 5.41) is 22.7. The van der Waals surface area contributed by atoms with Crippen LogP contribution in [0.1, 0.15) is 46.2 Å². The van der Waals surface area contributed by atoms with Crippen LogP contribution in [0.15, 0.2) is 99.0 Å². The summed E-state index contributed by atoms with van der Waals surface area (Å²) >= 11 is 3.67. The maximum absolute atomic E-state index is 13.8. The molecule has 4 aromatic carbocycles. The zero-order valence-electron chi connectivity index (χ0n) is 26.3. The molecule has 0 spiro atoms. The minimum Gasteiger partial charge on any atom is -0.490 e. The van der Waals surface area contributed by atoms with Crippen molar-refractivity contribution in [1.29, 1.82) is 0 Å². The molecule has 0 unspecified atom stereocenters. The van der Waals surface area contributed by atoms with Crippen LogP contribution >= 0.6 is 15.9 Å². The zero-order valence-corrected chi connectivity index (χ0v) is 27.9. The van der Waals surface area contributed by atoms with Crippen LogP contribution in [0, 0.1) is 24.0 Å². The molecule has 0 saturated heterocycles. The second kappa shape index (κ2) is 13.6. The third-order valence-corrected chi connectivity index (χ3v) is 8.67. The Morgan fingerprint density at radius 2 is 1.27 bits per heavy atom. The fourth-order valence-electron chi connectivity index (χ4n) is 5.69. The summed E-state index contributed by atoms with van der Waals surface area (Å²) in [4.78, 5) is 38.2. The molecule has 0 saturated carbocycles. The first-order valence-electron chi connectivity index (χ1n) is 15.2. The van der Waals surface area contributed by atoms with Gasteiger partial charge in [0.1, 0.15) is 6.61 Å². The van der Waals surface area contributed by atoms with Crippen molar-refractivity contribution in [2.24, 2.45) is 0 Å². The average molecular weight is 711 g/mol. The topological polar surface area (TPSA) is 159 Å². The molecule has 0 atom stereocenters. The second-order valence-corrected chi connectivity index (χ2v) is 12.2. The van der Waals surface area contributed by atoms with Gasteiger partial charge in [0.25, 0.3) is 16.8 Å². The normalized spacial score (nSPS) is 11.2. The van der Waals surface area contributed by atoms with E-state index >= 15 is 0 Å². The first-order valence-corrected chi connectivity index (χ1v) is 16.0. The molecule has 0 radical (unpaired) electrons. The van der Waals surface area contributed by atoms with Gasteiger partial charge >= 0.3 is 0 Å². The third kappa shape index (κ3) is 6.47. The number of rotatable bonds is 11. The van der Waals surface area contributed by atoms with Gasteiger partial charge in [0.2, 0.25) is 0 Å². The van der Waals surface area contributed by atoms with Crippen LogP contribution in [0.25, 0.3) is 22.5 Å². The molecule has 2 heterocycles. The van der Waals surface area contributed by atoms with Crippen LogP contribution in [0.2, 0.25) is 0 Å². The lowest BCUT2D eigenvalue weighted by Crippen LogP contribution is -2.20. The van der Waals surface area contributed by atoms with E-state index in [1.807, 2.05) is 75.4 Å². The number of H-pyrrole nitrogens is 4. The lowest BCUT2D eigenvalue weighted by molar-refractivity contribution is -0.384. The van der Waals surface area contributed by atoms with Crippen LogP contribution in [-0.4, -0.2) is 31.9 Å². The van der Waals surface area contributed by atoms with Gasteiger partial charge in [0, 0.05) is 18.1 Å². The molecular weight excluding hydrogens is 678 g/mol. The Morgan fingerprint density at radius 3 is 1.75 bits per heavy atom. The maximum Gasteiger partial charge on any atom is 0.269 e. The van der Waals surface area contributed by atoms with E-state index in [9.17, 15) is 19.7 Å². The minimum atomic E-state index is -0.859. The van der Waals surface area contributed by atoms with E-state index in [0.29, 0.717) is 50.7 Å². The van der Waals surface area contributed by atoms with Gasteiger partial charge in [-0.15, -0.1) is 0 Å². The van der Waals surface area contributed by atoms with E-state index in [0.717, 1.165) is 27.8 Å². The first-order chi connectivity index (χ1) is 23.1. The Bertz CT molecular complexity index is 2100. The Hall–Kier alpha value is -5.62. The summed E-state index contributed by atoms with van der Waals surface area (Å²) in [7, 11) is 0. The van der Waals surface area contributed by atoms with Crippen molar-refractivity contribution in [3.63, 3.8) is 0 Å². The number of halogens is 1. The summed E-state index contributed by atoms with van der Waals surface area (Å²) in [6.07, 6.45) is 0. The van der Waals surface area contributed by atoms with Gasteiger partial charge in [-0.2, -0.15) is 0 Å². The van der Waals surface area contributed by atoms with Crippen molar-refractivity contribution in [2.45, 2.75) is 33.3 Å². The number of nitrogens with one attached hydrogen (secondary N) is 4. The van der Waals surface area contributed by atoms with E-state index < -0.39 is 10.8 Å². The van der Waals surface area contributed by atoms with Crippen LogP contribution in [-0.2, 0) is 6.61 Å². The molecule has 244 valence electrons. The van der Waals surface area contributed by atoms with Gasteiger partial charge in [-0.25, -0.2) is 0 Å². The Balaban J connectivity index is 1.52. The van der Waals surface area contributed by atoms with Gasteiger partial charge in [-0.3, -0.25) is 40.1 Å². The van der Waals surface area contributed by atoms with Crippen LogP contribution in [0.5, 0.6) is 11.5 Å². The molecule has 2 aromatic heterocycles. The quantitative estimate of drug-likeness (QED) is 0.0805. The number of nitro groups is 1. The van der Waals surface area contributed by atoms with Gasteiger partial charge < -0.3 is 9.47 Å². The molecule has 4 N–H and O–H groups in total. The molecule has 11 nitrogen and oxygen atoms in total. The molecule has 6 rings (SSSR count). The molecule has 0 bridgehead atoms. The standard InChI is InChI=1S/C36H32BrN5O6/c1-4-47-28-18-25(17-27(37)34(28)48-19-22-9-15-26(16-10-22)42(45)46)29(30-32(38-40-35(30)43)23-11-5-20(2)6-12-23)31-33(39-41-36(31)44)24-13-7-21(3)8-14-24/h5-18,29H,4,19H2,1-3H3,(H2,38,40,43)(H2,39,41,44). The van der Waals surface area contributed by atoms with Crippen molar-refractivity contribution in [2.75, 3.05) is 6.61 Å². The van der Waals surface area contributed by atoms with E-state index in [1.165, 1.54) is 12.1 Å². The van der Waals surface area contributed by atoms with Crippen LogP contribution < -0.4 is 20.6 Å². The van der Waals surface area contributed by atoms with Gasteiger partial charge in [0.15, 0.2) is 11.5 Å². The maximum atomic E-state index is 13.8. The molecule has 0 fully saturated rings. The van der Waals surface area contributed by atoms with Crippen molar-refractivity contribution in [1.82, 2.24) is 20.4 Å². The molecule has 12 heteroatoms. The average Bonchev–Trinajstić information content (AvgIpc) is 3.64. The van der Waals surface area contributed by atoms with E-state index in [1.54, 1.807) is 18.2 Å². The number of benzene rings is 4. The van der Waals surface area contributed by atoms with Crippen molar-refractivity contribution < 1.29 is 14.4 Å². The minimum absolute atomic E-state index is 0.0140. The molecule has 0 aliphatic heterocycles. The Kier molecular flexibility index (Phi) is 9.17. The second-order valence-electron chi connectivity index (χ2n) is 11.4. The Labute approximate surface area is 283 Å². The van der Waals surface area contributed by atoms with Gasteiger partial charge in [-0.05, 0) is 83.2 Å². The summed E-state index contributed by atoms with van der Waals surface area (Å²) in [6, 6.07) is 25.2. The predicted molar refractivity (Wildman–Crippen MR) is 187 cm³/mol. The molecular formula is C36H32BrN5O6. The number of aromatic amines is 4. The molecule has 0 aliphatic rings. The largest absolute Gasteiger partial charge is 0.490 e.